The van der Waals surface area contributed by atoms with Crippen LogP contribution in [0.1, 0.15) is 118 Å². The van der Waals surface area contributed by atoms with Crippen molar-refractivity contribution in [3.05, 3.63) is 0 Å². The Morgan fingerprint density at radius 3 is 1.43 bits per heavy atom. The first-order chi connectivity index (χ1) is 13.7. The van der Waals surface area contributed by atoms with Crippen LogP contribution in [0.2, 0.25) is 0 Å². The van der Waals surface area contributed by atoms with E-state index in [1.807, 2.05) is 0 Å². The van der Waals surface area contributed by atoms with Crippen molar-refractivity contribution in [3.8, 4) is 0 Å². The zero-order valence-electron chi connectivity index (χ0n) is 19.4. The first-order valence-electron chi connectivity index (χ1n) is 12.2. The van der Waals surface area contributed by atoms with E-state index in [0.717, 1.165) is 37.4 Å². The molecule has 0 rings (SSSR count). The van der Waals surface area contributed by atoms with Crippen LogP contribution in [0.15, 0.2) is 0 Å². The van der Waals surface area contributed by atoms with E-state index < -0.39 is 5.97 Å². The molecule has 1 unspecified atom stereocenters. The van der Waals surface area contributed by atoms with Crippen molar-refractivity contribution in [2.75, 3.05) is 25.2 Å². The Bertz CT molecular complexity index is 290. The van der Waals surface area contributed by atoms with Gasteiger partial charge in [0.2, 0.25) is 0 Å². The Balaban J connectivity index is 5.07. The predicted octanol–water partition coefficient (Wildman–Crippen LogP) is 8.24. The summed E-state index contributed by atoms with van der Waals surface area (Å²) in [5.41, 5.74) is 0. The highest BCUT2D eigenvalue weighted by molar-refractivity contribution is 9.09. The van der Waals surface area contributed by atoms with E-state index in [1.54, 1.807) is 0 Å². The molecule has 0 aromatic carbocycles. The van der Waals surface area contributed by atoms with Crippen molar-refractivity contribution in [2.24, 2.45) is 5.92 Å². The molecule has 170 valence electrons. The molecule has 0 spiro atoms. The predicted molar refractivity (Wildman–Crippen MR) is 125 cm³/mol. The minimum Gasteiger partial charge on any atom is -0.327 e. The van der Waals surface area contributed by atoms with Gasteiger partial charge in [-0.15, -0.1) is 0 Å². The van der Waals surface area contributed by atoms with E-state index in [0.29, 0.717) is 25.7 Å². The summed E-state index contributed by atoms with van der Waals surface area (Å²) >= 11 is 3.56. The maximum absolute atomic E-state index is 6.34. The minimum atomic E-state index is -0.847. The van der Waals surface area contributed by atoms with Gasteiger partial charge in [0.25, 0.3) is 5.97 Å². The summed E-state index contributed by atoms with van der Waals surface area (Å²) in [4.78, 5) is 0. The molecule has 0 aliphatic heterocycles. The zero-order chi connectivity index (χ0) is 20.9. The van der Waals surface area contributed by atoms with Crippen molar-refractivity contribution in [3.63, 3.8) is 0 Å². The fraction of sp³-hybridized carbons (Fsp3) is 1.00. The van der Waals surface area contributed by atoms with Gasteiger partial charge in [0.1, 0.15) is 0 Å². The van der Waals surface area contributed by atoms with E-state index in [9.17, 15) is 0 Å². The lowest BCUT2D eigenvalue weighted by Gasteiger charge is -2.40. The molecule has 0 bridgehead atoms. The number of halogens is 1. The van der Waals surface area contributed by atoms with Crippen LogP contribution in [-0.2, 0) is 14.2 Å². The van der Waals surface area contributed by atoms with Crippen molar-refractivity contribution >= 4 is 15.9 Å². The second-order valence-corrected chi connectivity index (χ2v) is 8.73. The summed E-state index contributed by atoms with van der Waals surface area (Å²) in [6.07, 6.45) is 16.9. The number of rotatable bonds is 22. The summed E-state index contributed by atoms with van der Waals surface area (Å²) < 4.78 is 19.0. The van der Waals surface area contributed by atoms with E-state index in [-0.39, 0.29) is 0 Å². The normalized spacial score (nSPS) is 13.2. The van der Waals surface area contributed by atoms with Crippen molar-refractivity contribution in [1.82, 2.24) is 0 Å². The SMILES string of the molecule is CCCCCCCCC(CCCCCBr)C(OCCC)(OCCC)OCCC. The lowest BCUT2D eigenvalue weighted by atomic mass is 9.92. The van der Waals surface area contributed by atoms with E-state index in [4.69, 9.17) is 14.2 Å². The van der Waals surface area contributed by atoms with E-state index in [1.165, 1.54) is 57.8 Å². The highest BCUT2D eigenvalue weighted by atomic mass is 79.9. The monoisotopic (exact) mass is 464 g/mol. The van der Waals surface area contributed by atoms with Crippen LogP contribution >= 0.6 is 15.9 Å². The molecule has 0 saturated heterocycles. The molecule has 0 radical (unpaired) electrons. The van der Waals surface area contributed by atoms with Gasteiger partial charge in [0.05, 0.1) is 19.8 Å². The molecule has 0 fully saturated rings. The Hall–Kier alpha value is 0.360. The molecule has 0 heterocycles. The minimum absolute atomic E-state index is 0.318. The largest absolute Gasteiger partial charge is 0.327 e. The smallest absolute Gasteiger partial charge is 0.285 e. The Kier molecular flexibility index (Phi) is 20.9. The van der Waals surface area contributed by atoms with Crippen LogP contribution in [0.5, 0.6) is 0 Å². The summed E-state index contributed by atoms with van der Waals surface area (Å²) in [5.74, 6) is -0.529. The fourth-order valence-corrected chi connectivity index (χ4v) is 3.94. The maximum atomic E-state index is 6.34. The molecule has 0 aliphatic carbocycles. The first-order valence-corrected chi connectivity index (χ1v) is 13.3. The van der Waals surface area contributed by atoms with Crippen molar-refractivity contribution in [2.45, 2.75) is 124 Å². The van der Waals surface area contributed by atoms with Gasteiger partial charge in [0, 0.05) is 11.2 Å². The van der Waals surface area contributed by atoms with Crippen molar-refractivity contribution in [1.29, 1.82) is 0 Å². The molecule has 0 aromatic heterocycles. The molecule has 0 N–H and O–H groups in total. The summed E-state index contributed by atoms with van der Waals surface area (Å²) in [7, 11) is 0. The summed E-state index contributed by atoms with van der Waals surface area (Å²) in [5, 5.41) is 1.09. The molecule has 28 heavy (non-hydrogen) atoms. The third-order valence-corrected chi connectivity index (χ3v) is 5.68. The van der Waals surface area contributed by atoms with Gasteiger partial charge in [-0.05, 0) is 38.5 Å². The van der Waals surface area contributed by atoms with Crippen LogP contribution in [-0.4, -0.2) is 31.1 Å². The Labute approximate surface area is 184 Å². The Morgan fingerprint density at radius 1 is 0.571 bits per heavy atom. The fourth-order valence-electron chi connectivity index (χ4n) is 3.54. The molecule has 4 heteroatoms. The molecule has 0 aromatic rings. The third-order valence-electron chi connectivity index (χ3n) is 5.11. The second kappa shape index (κ2) is 20.6. The van der Waals surface area contributed by atoms with Crippen LogP contribution in [0.25, 0.3) is 0 Å². The van der Waals surface area contributed by atoms with E-state index in [2.05, 4.69) is 43.6 Å². The number of alkyl halides is 1. The second-order valence-electron chi connectivity index (χ2n) is 7.94. The van der Waals surface area contributed by atoms with Gasteiger partial charge >= 0.3 is 0 Å². The van der Waals surface area contributed by atoms with Gasteiger partial charge < -0.3 is 14.2 Å². The number of hydrogen-bond acceptors (Lipinski definition) is 3. The van der Waals surface area contributed by atoms with Gasteiger partial charge in [0.15, 0.2) is 0 Å². The van der Waals surface area contributed by atoms with Crippen LogP contribution in [0.4, 0.5) is 0 Å². The number of unbranched alkanes of at least 4 members (excludes halogenated alkanes) is 7. The lowest BCUT2D eigenvalue weighted by molar-refractivity contribution is -0.406. The highest BCUT2D eigenvalue weighted by Gasteiger charge is 2.41. The molecule has 3 nitrogen and oxygen atoms in total. The topological polar surface area (TPSA) is 27.7 Å². The lowest BCUT2D eigenvalue weighted by Crippen LogP contribution is -2.47. The standard InChI is InChI=1S/C24H49BrO3/c1-5-9-10-11-12-14-17-23(18-15-13-16-19-25)24(26-20-6-2,27-21-7-3)28-22-8-4/h23H,5-22H2,1-4H3. The molecule has 0 saturated carbocycles. The molecule has 0 aliphatic rings. The van der Waals surface area contributed by atoms with Gasteiger partial charge in [-0.1, -0.05) is 95.0 Å². The molecular formula is C24H49BrO3. The van der Waals surface area contributed by atoms with Crippen LogP contribution in [0, 0.1) is 5.92 Å². The Morgan fingerprint density at radius 2 is 1.00 bits per heavy atom. The third kappa shape index (κ3) is 13.6. The summed E-state index contributed by atoms with van der Waals surface area (Å²) in [6.45, 7) is 10.8. The number of ether oxygens (including phenoxy) is 3. The van der Waals surface area contributed by atoms with Crippen LogP contribution < -0.4 is 0 Å². The highest BCUT2D eigenvalue weighted by Crippen LogP contribution is 2.35. The molecule has 0 amide bonds. The van der Waals surface area contributed by atoms with E-state index >= 15 is 0 Å². The van der Waals surface area contributed by atoms with Gasteiger partial charge in [-0.2, -0.15) is 0 Å². The molecule has 1 atom stereocenters. The average molecular weight is 466 g/mol. The van der Waals surface area contributed by atoms with Gasteiger partial charge in [-0.25, -0.2) is 0 Å². The molecular weight excluding hydrogens is 416 g/mol. The quantitative estimate of drug-likeness (QED) is 0.0915. The average Bonchev–Trinajstić information content (AvgIpc) is 2.72. The first kappa shape index (κ1) is 28.4. The summed E-state index contributed by atoms with van der Waals surface area (Å²) in [6, 6.07) is 0. The maximum Gasteiger partial charge on any atom is 0.285 e. The van der Waals surface area contributed by atoms with Crippen LogP contribution in [0.3, 0.4) is 0 Å². The van der Waals surface area contributed by atoms with Crippen molar-refractivity contribution < 1.29 is 14.2 Å². The van der Waals surface area contributed by atoms with Gasteiger partial charge in [-0.3, -0.25) is 0 Å². The number of hydrogen-bond donors (Lipinski definition) is 0. The zero-order valence-corrected chi connectivity index (χ0v) is 21.0.